The minimum Gasteiger partial charge on any atom is -0.481 e. The zero-order valence-corrected chi connectivity index (χ0v) is 14.0. The molecule has 0 radical (unpaired) electrons. The first-order valence-corrected chi connectivity index (χ1v) is 7.98. The molecule has 116 valence electrons. The summed E-state index contributed by atoms with van der Waals surface area (Å²) in [5.74, 6) is 1.36. The number of piperidine rings is 1. The van der Waals surface area contributed by atoms with Crippen molar-refractivity contribution < 1.29 is 9.53 Å². The molecule has 1 aliphatic heterocycles. The van der Waals surface area contributed by atoms with Crippen molar-refractivity contribution in [1.82, 2.24) is 4.90 Å². The molecule has 0 N–H and O–H groups in total. The molecule has 2 rings (SSSR count). The van der Waals surface area contributed by atoms with E-state index in [0.29, 0.717) is 11.7 Å². The Labute approximate surface area is 132 Å². The molecule has 21 heavy (non-hydrogen) atoms. The molecule has 1 heterocycles. The van der Waals surface area contributed by atoms with Crippen molar-refractivity contribution in [2.75, 3.05) is 13.1 Å². The maximum Gasteiger partial charge on any atom is 0.263 e. The molecule has 0 saturated carbocycles. The molecule has 1 aliphatic rings. The average Bonchev–Trinajstić information content (AvgIpc) is 2.43. The van der Waals surface area contributed by atoms with Crippen molar-refractivity contribution in [3.8, 4) is 5.75 Å². The van der Waals surface area contributed by atoms with Crippen LogP contribution in [0.15, 0.2) is 12.1 Å². The smallest absolute Gasteiger partial charge is 0.263 e. The Bertz CT molecular complexity index is 507. The molecule has 1 aromatic carbocycles. The number of benzene rings is 1. The van der Waals surface area contributed by atoms with Crippen molar-refractivity contribution in [3.05, 3.63) is 28.3 Å². The van der Waals surface area contributed by atoms with E-state index < -0.39 is 6.10 Å². The second kappa shape index (κ2) is 6.69. The Balaban J connectivity index is 2.03. The summed E-state index contributed by atoms with van der Waals surface area (Å²) in [5, 5.41) is 0.756. The van der Waals surface area contributed by atoms with Gasteiger partial charge in [0.25, 0.3) is 5.91 Å². The number of likely N-dealkylation sites (tertiary alicyclic amines) is 1. The van der Waals surface area contributed by atoms with Crippen molar-refractivity contribution in [2.24, 2.45) is 5.92 Å². The number of nitrogens with zero attached hydrogens (tertiary/aromatic N) is 1. The number of carbonyl (C=O) groups is 1. The Morgan fingerprint density at radius 2 is 2.00 bits per heavy atom. The summed E-state index contributed by atoms with van der Waals surface area (Å²) in [5.41, 5.74) is 1.94. The summed E-state index contributed by atoms with van der Waals surface area (Å²) in [4.78, 5) is 14.4. The third-order valence-corrected chi connectivity index (χ3v) is 4.64. The van der Waals surface area contributed by atoms with E-state index in [1.807, 2.05) is 37.8 Å². The van der Waals surface area contributed by atoms with E-state index in [2.05, 4.69) is 6.92 Å². The van der Waals surface area contributed by atoms with Gasteiger partial charge in [0.2, 0.25) is 0 Å². The molecule has 0 bridgehead atoms. The third-order valence-electron chi connectivity index (χ3n) is 4.04. The summed E-state index contributed by atoms with van der Waals surface area (Å²) in [6.45, 7) is 9.58. The number of amides is 1. The summed E-state index contributed by atoms with van der Waals surface area (Å²) < 4.78 is 5.83. The molecule has 1 saturated heterocycles. The van der Waals surface area contributed by atoms with Gasteiger partial charge in [-0.25, -0.2) is 0 Å². The first-order valence-electron chi connectivity index (χ1n) is 7.60. The lowest BCUT2D eigenvalue weighted by atomic mass is 10.00. The van der Waals surface area contributed by atoms with Crippen LogP contribution in [0.3, 0.4) is 0 Å². The van der Waals surface area contributed by atoms with Crippen LogP contribution in [0.2, 0.25) is 5.02 Å². The molecule has 1 fully saturated rings. The van der Waals surface area contributed by atoms with Crippen LogP contribution >= 0.6 is 11.6 Å². The van der Waals surface area contributed by atoms with Crippen LogP contribution < -0.4 is 4.74 Å². The van der Waals surface area contributed by atoms with Gasteiger partial charge in [0.05, 0.1) is 0 Å². The van der Waals surface area contributed by atoms with Gasteiger partial charge in [-0.05, 0) is 62.8 Å². The van der Waals surface area contributed by atoms with Crippen LogP contribution in [0.5, 0.6) is 5.75 Å². The van der Waals surface area contributed by atoms with E-state index in [1.54, 1.807) is 0 Å². The number of hydrogen-bond acceptors (Lipinski definition) is 2. The zero-order valence-electron chi connectivity index (χ0n) is 13.3. The molecule has 1 aromatic rings. The molecule has 0 aliphatic carbocycles. The fraction of sp³-hybridized carbons (Fsp3) is 0.588. The van der Waals surface area contributed by atoms with Crippen LogP contribution in [0.25, 0.3) is 0 Å². The lowest BCUT2D eigenvalue weighted by molar-refractivity contribution is -0.139. The van der Waals surface area contributed by atoms with Gasteiger partial charge in [-0.15, -0.1) is 0 Å². The molecule has 2 atom stereocenters. The van der Waals surface area contributed by atoms with Crippen molar-refractivity contribution in [1.29, 1.82) is 0 Å². The highest BCUT2D eigenvalue weighted by Gasteiger charge is 2.26. The lowest BCUT2D eigenvalue weighted by Crippen LogP contribution is -2.45. The average molecular weight is 310 g/mol. The normalized spacial score (nSPS) is 20.2. The van der Waals surface area contributed by atoms with Gasteiger partial charge in [0.1, 0.15) is 5.75 Å². The predicted octanol–water partition coefficient (Wildman–Crippen LogP) is 3.98. The number of aryl methyl sites for hydroxylation is 2. The standard InChI is InChI=1S/C17H24ClNO2/c1-11-6-5-7-19(10-11)17(20)14(4)21-15-8-12(2)16(18)13(3)9-15/h8-9,11,14H,5-7,10H2,1-4H3/t11-,14-/m0/s1. The SMILES string of the molecule is Cc1cc(O[C@@H](C)C(=O)N2CCC[C@H](C)C2)cc(C)c1Cl. The van der Waals surface area contributed by atoms with Crippen LogP contribution in [0.1, 0.15) is 37.8 Å². The first kappa shape index (κ1) is 16.2. The second-order valence-corrected chi connectivity index (χ2v) is 6.54. The lowest BCUT2D eigenvalue weighted by Gasteiger charge is -2.32. The van der Waals surface area contributed by atoms with E-state index in [0.717, 1.165) is 35.7 Å². The maximum absolute atomic E-state index is 12.5. The van der Waals surface area contributed by atoms with Gasteiger partial charge in [0.15, 0.2) is 6.10 Å². The van der Waals surface area contributed by atoms with Gasteiger partial charge in [-0.2, -0.15) is 0 Å². The van der Waals surface area contributed by atoms with Gasteiger partial charge in [-0.3, -0.25) is 4.79 Å². The molecule has 0 unspecified atom stereocenters. The van der Waals surface area contributed by atoms with Crippen LogP contribution in [-0.2, 0) is 4.79 Å². The van der Waals surface area contributed by atoms with E-state index in [-0.39, 0.29) is 5.91 Å². The van der Waals surface area contributed by atoms with Gasteiger partial charge < -0.3 is 9.64 Å². The summed E-state index contributed by atoms with van der Waals surface area (Å²) in [6.07, 6.45) is 1.82. The Kier molecular flexibility index (Phi) is 5.15. The monoisotopic (exact) mass is 309 g/mol. The highest BCUT2D eigenvalue weighted by molar-refractivity contribution is 6.32. The van der Waals surface area contributed by atoms with Gasteiger partial charge in [0, 0.05) is 18.1 Å². The fourth-order valence-electron chi connectivity index (χ4n) is 2.88. The molecule has 0 aromatic heterocycles. The quantitative estimate of drug-likeness (QED) is 0.845. The molecule has 3 nitrogen and oxygen atoms in total. The number of ether oxygens (including phenoxy) is 1. The predicted molar refractivity (Wildman–Crippen MR) is 86.0 cm³/mol. The molecule has 1 amide bonds. The van der Waals surface area contributed by atoms with Crippen LogP contribution in [-0.4, -0.2) is 30.0 Å². The number of halogens is 1. The van der Waals surface area contributed by atoms with Crippen molar-refractivity contribution in [2.45, 2.75) is 46.6 Å². The van der Waals surface area contributed by atoms with E-state index in [4.69, 9.17) is 16.3 Å². The Morgan fingerprint density at radius 3 is 2.57 bits per heavy atom. The Hall–Kier alpha value is -1.22. The zero-order chi connectivity index (χ0) is 15.6. The highest BCUT2D eigenvalue weighted by atomic mass is 35.5. The second-order valence-electron chi connectivity index (χ2n) is 6.16. The summed E-state index contributed by atoms with van der Waals surface area (Å²) in [7, 11) is 0. The summed E-state index contributed by atoms with van der Waals surface area (Å²) in [6, 6.07) is 3.77. The third kappa shape index (κ3) is 3.91. The van der Waals surface area contributed by atoms with Gasteiger partial charge in [-0.1, -0.05) is 18.5 Å². The van der Waals surface area contributed by atoms with E-state index in [1.165, 1.54) is 6.42 Å². The topological polar surface area (TPSA) is 29.5 Å². The van der Waals surface area contributed by atoms with E-state index in [9.17, 15) is 4.79 Å². The molecule has 0 spiro atoms. The van der Waals surface area contributed by atoms with Crippen molar-refractivity contribution >= 4 is 17.5 Å². The number of hydrogen-bond donors (Lipinski definition) is 0. The minimum atomic E-state index is -0.463. The molecular weight excluding hydrogens is 286 g/mol. The first-order chi connectivity index (χ1) is 9.88. The number of carbonyl (C=O) groups excluding carboxylic acids is 1. The van der Waals surface area contributed by atoms with Crippen LogP contribution in [0.4, 0.5) is 0 Å². The maximum atomic E-state index is 12.5. The van der Waals surface area contributed by atoms with Crippen LogP contribution in [0, 0.1) is 19.8 Å². The van der Waals surface area contributed by atoms with Gasteiger partial charge >= 0.3 is 0 Å². The molecular formula is C17H24ClNO2. The fourth-order valence-corrected chi connectivity index (χ4v) is 2.98. The largest absolute Gasteiger partial charge is 0.481 e. The highest BCUT2D eigenvalue weighted by Crippen LogP contribution is 2.27. The Morgan fingerprint density at radius 1 is 1.38 bits per heavy atom. The van der Waals surface area contributed by atoms with Crippen molar-refractivity contribution in [3.63, 3.8) is 0 Å². The number of rotatable bonds is 3. The summed E-state index contributed by atoms with van der Waals surface area (Å²) >= 11 is 6.16. The minimum absolute atomic E-state index is 0.0757. The molecule has 4 heteroatoms. The van der Waals surface area contributed by atoms with E-state index >= 15 is 0 Å².